The number of ether oxygens (including phenoxy) is 1. The minimum Gasteiger partial charge on any atom is -0.379 e. The second-order valence-corrected chi connectivity index (χ2v) is 6.15. The van der Waals surface area contributed by atoms with E-state index in [2.05, 4.69) is 22.3 Å². The monoisotopic (exact) mass is 329 g/mol. The van der Waals surface area contributed by atoms with Crippen molar-refractivity contribution in [1.82, 2.24) is 25.0 Å². The molecular formula is C17H23N5O2. The summed E-state index contributed by atoms with van der Waals surface area (Å²) in [6.45, 7) is 4.09. The van der Waals surface area contributed by atoms with E-state index in [4.69, 9.17) is 4.74 Å². The number of benzene rings is 1. The zero-order chi connectivity index (χ0) is 16.9. The van der Waals surface area contributed by atoms with Crippen molar-refractivity contribution in [3.63, 3.8) is 0 Å². The number of likely N-dealkylation sites (tertiary alicyclic amines) is 1. The van der Waals surface area contributed by atoms with Gasteiger partial charge in [0, 0.05) is 26.7 Å². The number of nitrogens with zero attached hydrogens (tertiary/aromatic N) is 4. The fourth-order valence-corrected chi connectivity index (χ4v) is 2.92. The molecule has 7 nitrogen and oxygen atoms in total. The summed E-state index contributed by atoms with van der Waals surface area (Å²) in [5, 5.41) is 7.07. The fourth-order valence-electron chi connectivity index (χ4n) is 2.92. The summed E-state index contributed by atoms with van der Waals surface area (Å²) in [4.78, 5) is 18.1. The van der Waals surface area contributed by atoms with Gasteiger partial charge in [-0.3, -0.25) is 0 Å². The number of piperidine rings is 1. The van der Waals surface area contributed by atoms with Gasteiger partial charge in [0.1, 0.15) is 12.7 Å². The molecule has 1 aromatic heterocycles. The predicted octanol–water partition coefficient (Wildman–Crippen LogP) is 1.83. The van der Waals surface area contributed by atoms with Crippen LogP contribution in [0, 0.1) is 5.92 Å². The molecular weight excluding hydrogens is 306 g/mol. The summed E-state index contributed by atoms with van der Waals surface area (Å²) in [5.41, 5.74) is 1.98. The van der Waals surface area contributed by atoms with Crippen LogP contribution in [0.4, 0.5) is 4.79 Å². The van der Waals surface area contributed by atoms with Crippen LogP contribution in [0.15, 0.2) is 36.9 Å². The lowest BCUT2D eigenvalue weighted by Crippen LogP contribution is -2.50. The average Bonchev–Trinajstić information content (AvgIpc) is 3.15. The maximum absolute atomic E-state index is 12.3. The molecule has 0 spiro atoms. The normalized spacial score (nSPS) is 20.8. The van der Waals surface area contributed by atoms with Crippen molar-refractivity contribution >= 4 is 6.03 Å². The Hall–Kier alpha value is -2.41. The Morgan fingerprint density at radius 1 is 1.38 bits per heavy atom. The van der Waals surface area contributed by atoms with Gasteiger partial charge < -0.3 is 15.0 Å². The number of methoxy groups -OCH3 is 1. The largest absolute Gasteiger partial charge is 0.379 e. The van der Waals surface area contributed by atoms with Crippen LogP contribution in [-0.2, 0) is 11.3 Å². The van der Waals surface area contributed by atoms with Gasteiger partial charge >= 0.3 is 6.03 Å². The van der Waals surface area contributed by atoms with Crippen molar-refractivity contribution in [2.75, 3.05) is 20.2 Å². The van der Waals surface area contributed by atoms with Crippen molar-refractivity contribution in [3.05, 3.63) is 42.5 Å². The highest BCUT2D eigenvalue weighted by atomic mass is 16.5. The Labute approximate surface area is 141 Å². The van der Waals surface area contributed by atoms with E-state index in [1.165, 1.54) is 6.33 Å². The van der Waals surface area contributed by atoms with E-state index in [0.29, 0.717) is 19.0 Å². The molecule has 1 aliphatic heterocycles. The van der Waals surface area contributed by atoms with Crippen LogP contribution in [0.25, 0.3) is 5.69 Å². The molecule has 1 aromatic carbocycles. The quantitative estimate of drug-likeness (QED) is 0.929. The molecule has 0 bridgehead atoms. The first kappa shape index (κ1) is 16.4. The Balaban J connectivity index is 1.53. The summed E-state index contributed by atoms with van der Waals surface area (Å²) >= 11 is 0. The Morgan fingerprint density at radius 3 is 2.83 bits per heavy atom. The van der Waals surface area contributed by atoms with Crippen molar-refractivity contribution < 1.29 is 9.53 Å². The van der Waals surface area contributed by atoms with Crippen LogP contribution < -0.4 is 5.32 Å². The number of carbonyl (C=O) groups excluding carboxylic acids is 1. The van der Waals surface area contributed by atoms with Crippen LogP contribution >= 0.6 is 0 Å². The van der Waals surface area contributed by atoms with Crippen LogP contribution in [0.2, 0.25) is 0 Å². The first-order valence-corrected chi connectivity index (χ1v) is 8.17. The smallest absolute Gasteiger partial charge is 0.317 e. The van der Waals surface area contributed by atoms with Crippen LogP contribution in [0.3, 0.4) is 0 Å². The molecule has 7 heteroatoms. The fraction of sp³-hybridized carbons (Fsp3) is 0.471. The highest BCUT2D eigenvalue weighted by Gasteiger charge is 2.28. The van der Waals surface area contributed by atoms with Crippen molar-refractivity contribution in [1.29, 1.82) is 0 Å². The number of carbonyl (C=O) groups is 1. The zero-order valence-electron chi connectivity index (χ0n) is 14.1. The Bertz CT molecular complexity index is 656. The number of rotatable bonds is 4. The summed E-state index contributed by atoms with van der Waals surface area (Å²) in [6, 6.07) is 7.84. The second kappa shape index (κ2) is 7.44. The van der Waals surface area contributed by atoms with E-state index >= 15 is 0 Å². The molecule has 3 rings (SSSR count). The maximum Gasteiger partial charge on any atom is 0.317 e. The van der Waals surface area contributed by atoms with Gasteiger partial charge in [0.2, 0.25) is 0 Å². The van der Waals surface area contributed by atoms with E-state index < -0.39 is 0 Å². The first-order valence-electron chi connectivity index (χ1n) is 8.17. The molecule has 2 heterocycles. The van der Waals surface area contributed by atoms with Crippen molar-refractivity contribution in [2.45, 2.75) is 26.0 Å². The van der Waals surface area contributed by atoms with Crippen LogP contribution in [0.5, 0.6) is 0 Å². The molecule has 2 unspecified atom stereocenters. The third-order valence-electron chi connectivity index (χ3n) is 4.54. The van der Waals surface area contributed by atoms with E-state index in [0.717, 1.165) is 24.2 Å². The molecule has 1 saturated heterocycles. The Kier molecular flexibility index (Phi) is 5.10. The predicted molar refractivity (Wildman–Crippen MR) is 89.7 cm³/mol. The van der Waals surface area contributed by atoms with Gasteiger partial charge in [-0.05, 0) is 30.0 Å². The molecule has 128 valence electrons. The van der Waals surface area contributed by atoms with Gasteiger partial charge in [0.05, 0.1) is 11.8 Å². The van der Waals surface area contributed by atoms with Crippen molar-refractivity contribution in [3.8, 4) is 5.69 Å². The lowest BCUT2D eigenvalue weighted by atomic mass is 9.96. The lowest BCUT2D eigenvalue weighted by Gasteiger charge is -2.36. The summed E-state index contributed by atoms with van der Waals surface area (Å²) < 4.78 is 7.16. The number of aromatic nitrogens is 3. The Morgan fingerprint density at radius 2 is 2.17 bits per heavy atom. The van der Waals surface area contributed by atoms with Crippen LogP contribution in [0.1, 0.15) is 18.9 Å². The first-order chi connectivity index (χ1) is 11.7. The van der Waals surface area contributed by atoms with Gasteiger partial charge in [-0.15, -0.1) is 0 Å². The number of amides is 2. The van der Waals surface area contributed by atoms with Gasteiger partial charge in [-0.1, -0.05) is 19.1 Å². The number of hydrogen-bond acceptors (Lipinski definition) is 4. The molecule has 0 radical (unpaired) electrons. The molecule has 0 saturated carbocycles. The van der Waals surface area contributed by atoms with E-state index in [9.17, 15) is 4.79 Å². The molecule has 1 fully saturated rings. The number of nitrogens with one attached hydrogen (secondary N) is 1. The van der Waals surface area contributed by atoms with E-state index in [-0.39, 0.29) is 12.1 Å². The van der Waals surface area contributed by atoms with Gasteiger partial charge in [0.25, 0.3) is 0 Å². The summed E-state index contributed by atoms with van der Waals surface area (Å²) in [5.74, 6) is 0.489. The van der Waals surface area contributed by atoms with E-state index in [1.54, 1.807) is 18.1 Å². The molecule has 1 aliphatic rings. The zero-order valence-corrected chi connectivity index (χ0v) is 14.1. The lowest BCUT2D eigenvalue weighted by molar-refractivity contribution is 0.00714. The van der Waals surface area contributed by atoms with Gasteiger partial charge in [-0.2, -0.15) is 5.10 Å². The molecule has 24 heavy (non-hydrogen) atoms. The molecule has 2 atom stereocenters. The summed E-state index contributed by atoms with van der Waals surface area (Å²) in [7, 11) is 1.71. The maximum atomic E-state index is 12.3. The van der Waals surface area contributed by atoms with Crippen LogP contribution in [-0.4, -0.2) is 52.0 Å². The molecule has 2 amide bonds. The standard InChI is InChI=1S/C17H23N5O2/c1-13-7-8-21(10-16(13)24-2)17(23)19-9-14-3-5-15(6-4-14)22-12-18-11-20-22/h3-6,11-13,16H,7-10H2,1-2H3,(H,19,23). The summed E-state index contributed by atoms with van der Waals surface area (Å²) in [6.07, 6.45) is 4.24. The molecule has 1 N–H and O–H groups in total. The number of hydrogen-bond donors (Lipinski definition) is 1. The van der Waals surface area contributed by atoms with Crippen molar-refractivity contribution in [2.24, 2.45) is 5.92 Å². The third-order valence-corrected chi connectivity index (χ3v) is 4.54. The van der Waals surface area contributed by atoms with Gasteiger partial charge in [0.15, 0.2) is 0 Å². The second-order valence-electron chi connectivity index (χ2n) is 6.15. The molecule has 0 aliphatic carbocycles. The minimum absolute atomic E-state index is 0.0377. The SMILES string of the molecule is COC1CN(C(=O)NCc2ccc(-n3cncn3)cc2)CCC1C. The minimum atomic E-state index is -0.0377. The van der Waals surface area contributed by atoms with E-state index in [1.807, 2.05) is 29.2 Å². The topological polar surface area (TPSA) is 72.3 Å². The molecule has 2 aromatic rings. The average molecular weight is 329 g/mol. The third kappa shape index (κ3) is 3.73. The van der Waals surface area contributed by atoms with Gasteiger partial charge in [-0.25, -0.2) is 14.5 Å². The highest BCUT2D eigenvalue weighted by Crippen LogP contribution is 2.19. The highest BCUT2D eigenvalue weighted by molar-refractivity contribution is 5.74. The number of urea groups is 1.